The number of aromatic nitrogens is 4. The molecule has 0 bridgehead atoms. The van der Waals surface area contributed by atoms with E-state index in [-0.39, 0.29) is 23.9 Å². The minimum atomic E-state index is -0.147. The van der Waals surface area contributed by atoms with E-state index in [1.165, 1.54) is 0 Å². The van der Waals surface area contributed by atoms with Gasteiger partial charge in [-0.1, -0.05) is 26.7 Å². The van der Waals surface area contributed by atoms with Crippen molar-refractivity contribution in [3.8, 4) is 0 Å². The van der Waals surface area contributed by atoms with Crippen molar-refractivity contribution in [2.45, 2.75) is 90.4 Å². The number of hydrogen-bond donors (Lipinski definition) is 0. The third-order valence-corrected chi connectivity index (χ3v) is 6.31. The van der Waals surface area contributed by atoms with Crippen LogP contribution in [0.3, 0.4) is 0 Å². The smallest absolute Gasteiger partial charge is 0.291 e. The van der Waals surface area contributed by atoms with Crippen molar-refractivity contribution in [3.63, 3.8) is 0 Å². The second-order valence-corrected chi connectivity index (χ2v) is 8.89. The van der Waals surface area contributed by atoms with E-state index < -0.39 is 0 Å². The molecule has 0 aromatic carbocycles. The molecule has 32 heavy (non-hydrogen) atoms. The Kier molecular flexibility index (Phi) is 8.47. The van der Waals surface area contributed by atoms with Crippen molar-refractivity contribution >= 4 is 11.8 Å². The fourth-order valence-corrected chi connectivity index (χ4v) is 4.38. The molecule has 0 atom stereocenters. The summed E-state index contributed by atoms with van der Waals surface area (Å²) in [7, 11) is 3.78. The molecule has 0 N–H and O–H groups in total. The molecule has 1 fully saturated rings. The molecule has 1 aliphatic carbocycles. The van der Waals surface area contributed by atoms with E-state index >= 15 is 0 Å². The Bertz CT molecular complexity index is 858. The van der Waals surface area contributed by atoms with Crippen LogP contribution in [0.1, 0.15) is 76.9 Å². The highest BCUT2D eigenvalue weighted by Crippen LogP contribution is 2.24. The molecule has 0 radical (unpaired) electrons. The summed E-state index contributed by atoms with van der Waals surface area (Å²) in [6, 6.07) is 0.00575. The maximum atomic E-state index is 12.9. The van der Waals surface area contributed by atoms with Crippen LogP contribution in [-0.4, -0.2) is 33.0 Å². The molecule has 0 unspecified atom stereocenters. The summed E-state index contributed by atoms with van der Waals surface area (Å²) in [4.78, 5) is 9.04. The number of imidazole rings is 2. The van der Waals surface area contributed by atoms with Crippen molar-refractivity contribution < 1.29 is 19.3 Å². The molecule has 0 aliphatic heterocycles. The van der Waals surface area contributed by atoms with Crippen LogP contribution in [0.5, 0.6) is 0 Å². The van der Waals surface area contributed by atoms with Gasteiger partial charge in [0.2, 0.25) is 0 Å². The standard InChI is InChI=1S/C24H38N6O2/c1-5-7-13-29-17-15-27(3)23(29)21(31)25-19-9-11-20(12-10-19)26-22(32)24-28(4)16-18-30(24)14-8-6-2/h15-20H,5-14H2,1-4H3. The molecule has 1 saturated carbocycles. The third kappa shape index (κ3) is 5.78. The highest BCUT2D eigenvalue weighted by molar-refractivity contribution is 5.86. The summed E-state index contributed by atoms with van der Waals surface area (Å²) >= 11 is 0. The van der Waals surface area contributed by atoms with E-state index in [1.807, 2.05) is 57.2 Å². The van der Waals surface area contributed by atoms with Crippen LogP contribution in [0.2, 0.25) is 0 Å². The molecular weight excluding hydrogens is 404 g/mol. The summed E-state index contributed by atoms with van der Waals surface area (Å²) in [5.74, 6) is 0.984. The lowest BCUT2D eigenvalue weighted by atomic mass is 9.92. The Morgan fingerprint density at radius 3 is 1.53 bits per heavy atom. The maximum Gasteiger partial charge on any atom is 0.291 e. The Labute approximate surface area is 191 Å². The zero-order valence-electron chi connectivity index (χ0n) is 20.0. The number of nitrogens with zero attached hydrogens (tertiary/aromatic N) is 6. The van der Waals surface area contributed by atoms with Gasteiger partial charge in [0.25, 0.3) is 11.6 Å². The van der Waals surface area contributed by atoms with Gasteiger partial charge in [0, 0.05) is 12.1 Å². The van der Waals surface area contributed by atoms with Gasteiger partial charge < -0.3 is 10.2 Å². The van der Waals surface area contributed by atoms with Crippen molar-refractivity contribution in [2.75, 3.05) is 0 Å². The van der Waals surface area contributed by atoms with Gasteiger partial charge >= 0.3 is 0 Å². The second-order valence-electron chi connectivity index (χ2n) is 8.89. The van der Waals surface area contributed by atoms with Crippen LogP contribution in [0, 0.1) is 0 Å². The summed E-state index contributed by atoms with van der Waals surface area (Å²) in [5, 5.41) is 25.7. The van der Waals surface area contributed by atoms with Crippen molar-refractivity contribution in [2.24, 2.45) is 24.1 Å². The van der Waals surface area contributed by atoms with E-state index in [9.17, 15) is 10.2 Å². The lowest BCUT2D eigenvalue weighted by Gasteiger charge is -2.26. The number of aliphatic imine (C=N–C) groups is 2. The Hall–Kier alpha value is -2.64. The van der Waals surface area contributed by atoms with Crippen LogP contribution >= 0.6 is 0 Å². The first-order valence-electron chi connectivity index (χ1n) is 12.0. The van der Waals surface area contributed by atoms with E-state index in [0.717, 1.165) is 64.5 Å². The zero-order chi connectivity index (χ0) is 23.1. The predicted octanol–water partition coefficient (Wildman–Crippen LogP) is 0.764. The van der Waals surface area contributed by atoms with Crippen LogP contribution in [-0.2, 0) is 27.2 Å². The van der Waals surface area contributed by atoms with Crippen molar-refractivity contribution in [3.05, 3.63) is 36.4 Å². The van der Waals surface area contributed by atoms with Gasteiger partial charge in [-0.05, 0) is 38.5 Å². The van der Waals surface area contributed by atoms with Crippen molar-refractivity contribution in [1.29, 1.82) is 0 Å². The Morgan fingerprint density at radius 1 is 0.812 bits per heavy atom. The number of unbranched alkanes of at least 4 members (excludes halogenated alkanes) is 2. The Morgan fingerprint density at radius 2 is 1.19 bits per heavy atom. The summed E-state index contributed by atoms with van der Waals surface area (Å²) in [6.45, 7) is 5.95. The predicted molar refractivity (Wildman–Crippen MR) is 120 cm³/mol. The lowest BCUT2D eigenvalue weighted by Crippen LogP contribution is -2.41. The molecule has 3 rings (SSSR count). The molecule has 2 heterocycles. The largest absolute Gasteiger partial charge is 0.853 e. The van der Waals surface area contributed by atoms with Crippen molar-refractivity contribution in [1.82, 2.24) is 9.13 Å². The van der Waals surface area contributed by atoms with Crippen LogP contribution < -0.4 is 19.3 Å². The monoisotopic (exact) mass is 442 g/mol. The summed E-state index contributed by atoms with van der Waals surface area (Å²) < 4.78 is 7.72. The molecule has 0 spiro atoms. The molecule has 2 aromatic rings. The lowest BCUT2D eigenvalue weighted by molar-refractivity contribution is -0.674. The van der Waals surface area contributed by atoms with Crippen LogP contribution in [0.25, 0.3) is 0 Å². The first kappa shape index (κ1) is 24.0. The van der Waals surface area contributed by atoms with Gasteiger partial charge in [0.15, 0.2) is 0 Å². The fraction of sp³-hybridized carbons (Fsp3) is 0.667. The summed E-state index contributed by atoms with van der Waals surface area (Å²) in [6.07, 6.45) is 15.1. The molecular formula is C24H38N6O2. The maximum absolute atomic E-state index is 12.9. The molecule has 0 saturated heterocycles. The average molecular weight is 443 g/mol. The van der Waals surface area contributed by atoms with E-state index in [0.29, 0.717) is 11.6 Å². The van der Waals surface area contributed by atoms with E-state index in [2.05, 4.69) is 23.8 Å². The Balaban J connectivity index is 1.63. The van der Waals surface area contributed by atoms with Crippen LogP contribution in [0.4, 0.5) is 0 Å². The highest BCUT2D eigenvalue weighted by Gasteiger charge is 2.23. The SMILES string of the molecule is CCCCn1cc[n+](C)c1C([O-])=NC1CCC(N=C([O-])c2n(CCCC)cc[n+]2C)CC1. The number of rotatable bonds is 10. The molecule has 8 nitrogen and oxygen atoms in total. The van der Waals surface area contributed by atoms with Gasteiger partial charge in [-0.25, -0.2) is 18.3 Å². The minimum absolute atomic E-state index is 0.00287. The number of hydrogen-bond acceptors (Lipinski definition) is 4. The van der Waals surface area contributed by atoms with E-state index in [4.69, 9.17) is 0 Å². The summed E-state index contributed by atoms with van der Waals surface area (Å²) in [5.41, 5.74) is 0. The molecule has 0 amide bonds. The minimum Gasteiger partial charge on any atom is -0.853 e. The van der Waals surface area contributed by atoms with Gasteiger partial charge in [-0.2, -0.15) is 0 Å². The van der Waals surface area contributed by atoms with Crippen LogP contribution in [0.15, 0.2) is 34.8 Å². The first-order valence-corrected chi connectivity index (χ1v) is 12.0. The molecule has 8 heteroatoms. The van der Waals surface area contributed by atoms with Gasteiger partial charge in [0.05, 0.1) is 39.0 Å². The normalized spacial score (nSPS) is 20.1. The highest BCUT2D eigenvalue weighted by atomic mass is 16.3. The number of aryl methyl sites for hydroxylation is 4. The average Bonchev–Trinajstić information content (AvgIpc) is 3.33. The zero-order valence-corrected chi connectivity index (χ0v) is 20.0. The van der Waals surface area contributed by atoms with Gasteiger partial charge in [-0.3, -0.25) is 9.98 Å². The van der Waals surface area contributed by atoms with Gasteiger partial charge in [0.1, 0.15) is 24.8 Å². The molecule has 2 aromatic heterocycles. The molecule has 176 valence electrons. The second kappa shape index (κ2) is 11.3. The fourth-order valence-electron chi connectivity index (χ4n) is 4.38. The quantitative estimate of drug-likeness (QED) is 0.309. The van der Waals surface area contributed by atoms with Gasteiger partial charge in [-0.15, -0.1) is 0 Å². The topological polar surface area (TPSA) is 88.5 Å². The van der Waals surface area contributed by atoms with E-state index in [1.54, 1.807) is 0 Å². The third-order valence-electron chi connectivity index (χ3n) is 6.31. The first-order chi connectivity index (χ1) is 15.4. The molecule has 1 aliphatic rings.